The van der Waals surface area contributed by atoms with Crippen LogP contribution in [0.4, 0.5) is 0 Å². The van der Waals surface area contributed by atoms with Gasteiger partial charge in [0.15, 0.2) is 0 Å². The molecule has 2 aliphatic heterocycles. The van der Waals surface area contributed by atoms with Gasteiger partial charge < -0.3 is 24.8 Å². The van der Waals surface area contributed by atoms with Crippen LogP contribution in [-0.4, -0.2) is 16.1 Å². The topological polar surface area (TPSA) is 0 Å². The van der Waals surface area contributed by atoms with Crippen LogP contribution in [0.5, 0.6) is 0 Å². The fourth-order valence-electron chi connectivity index (χ4n) is 4.17. The van der Waals surface area contributed by atoms with E-state index in [0.29, 0.717) is 0 Å². The Kier molecular flexibility index (Phi) is 12.0. The maximum atomic E-state index is 2.53. The molecule has 0 spiro atoms. The number of rotatable bonds is 4. The average Bonchev–Trinajstić information content (AvgIpc) is 3.20. The molecule has 0 radical (unpaired) electrons. The van der Waals surface area contributed by atoms with Crippen molar-refractivity contribution in [3.05, 3.63) is 47.5 Å². The van der Waals surface area contributed by atoms with Crippen molar-refractivity contribution in [3.8, 4) is 0 Å². The molecule has 5 heteroatoms. The van der Waals surface area contributed by atoms with Crippen molar-refractivity contribution < 1.29 is 51.0 Å². The van der Waals surface area contributed by atoms with Gasteiger partial charge in [-0.15, -0.1) is 0 Å². The summed E-state index contributed by atoms with van der Waals surface area (Å²) in [6.07, 6.45) is 5.36. The average molecular weight is 517 g/mol. The summed E-state index contributed by atoms with van der Waals surface area (Å²) < 4.78 is 0. The molecule has 27 heavy (non-hydrogen) atoms. The molecule has 2 aliphatic rings. The molecule has 0 nitrogen and oxygen atoms in total. The molecule has 0 aromatic heterocycles. The van der Waals surface area contributed by atoms with Gasteiger partial charge in [-0.05, 0) is 0 Å². The van der Waals surface area contributed by atoms with Crippen LogP contribution >= 0.6 is 0 Å². The normalized spacial score (nSPS) is 18.2. The second kappa shape index (κ2) is 11.7. The summed E-state index contributed by atoms with van der Waals surface area (Å²) in [5.41, 5.74) is 3.07. The third kappa shape index (κ3) is 6.29. The SMILES string of the molecule is CC[c-]1ccc([Si]2(C)CCC2)c1.CC[c-]1ccc([Si]2(C)CCC2)c1.[Cl-].[Cl-].[Zr+4]. The summed E-state index contributed by atoms with van der Waals surface area (Å²) in [6.45, 7) is 9.55. The molecule has 4 rings (SSSR count). The minimum Gasteiger partial charge on any atom is -1.00 e. The van der Waals surface area contributed by atoms with Gasteiger partial charge in [-0.2, -0.15) is 35.4 Å². The van der Waals surface area contributed by atoms with Crippen molar-refractivity contribution in [1.82, 2.24) is 0 Å². The summed E-state index contributed by atoms with van der Waals surface area (Å²) in [6, 6.07) is 20.4. The first-order chi connectivity index (χ1) is 11.5. The number of aryl methyl sites for hydroxylation is 2. The molecular formula is C22H34Cl2Si2Zr. The zero-order valence-corrected chi connectivity index (χ0v) is 23.3. The summed E-state index contributed by atoms with van der Waals surface area (Å²) in [5.74, 6) is 0. The van der Waals surface area contributed by atoms with E-state index in [1.165, 1.54) is 61.0 Å². The Bertz CT molecular complexity index is 611. The molecule has 0 amide bonds. The summed E-state index contributed by atoms with van der Waals surface area (Å²) in [4.78, 5) is 0. The van der Waals surface area contributed by atoms with Crippen LogP contribution in [0.25, 0.3) is 0 Å². The van der Waals surface area contributed by atoms with E-state index in [0.717, 1.165) is 0 Å². The van der Waals surface area contributed by atoms with Crippen LogP contribution < -0.4 is 35.2 Å². The molecule has 0 unspecified atom stereocenters. The zero-order chi connectivity index (χ0) is 17.2. The van der Waals surface area contributed by atoms with E-state index in [4.69, 9.17) is 0 Å². The smallest absolute Gasteiger partial charge is 1.00 e. The van der Waals surface area contributed by atoms with Gasteiger partial charge in [0.1, 0.15) is 0 Å². The van der Waals surface area contributed by atoms with E-state index in [-0.39, 0.29) is 51.0 Å². The molecule has 0 atom stereocenters. The Labute approximate surface area is 200 Å². The molecule has 2 fully saturated rings. The zero-order valence-electron chi connectivity index (χ0n) is 17.4. The Balaban J connectivity index is 0.000000451. The van der Waals surface area contributed by atoms with Crippen molar-refractivity contribution in [2.24, 2.45) is 0 Å². The Hall–Kier alpha value is 0.597. The van der Waals surface area contributed by atoms with Gasteiger partial charge in [0.05, 0.1) is 0 Å². The van der Waals surface area contributed by atoms with Crippen molar-refractivity contribution in [2.75, 3.05) is 0 Å². The van der Waals surface area contributed by atoms with Crippen LogP contribution in [0.2, 0.25) is 37.3 Å². The molecule has 0 N–H and O–H groups in total. The monoisotopic (exact) mass is 514 g/mol. The van der Waals surface area contributed by atoms with Gasteiger partial charge in [0.25, 0.3) is 0 Å². The molecule has 0 saturated carbocycles. The number of halogens is 2. The van der Waals surface area contributed by atoms with Crippen molar-refractivity contribution in [3.63, 3.8) is 0 Å². The Morgan fingerprint density at radius 3 is 1.26 bits per heavy atom. The van der Waals surface area contributed by atoms with Crippen LogP contribution in [0, 0.1) is 0 Å². The van der Waals surface area contributed by atoms with Gasteiger partial charge >= 0.3 is 26.2 Å². The molecule has 2 heterocycles. The quantitative estimate of drug-likeness (QED) is 0.373. The van der Waals surface area contributed by atoms with E-state index in [9.17, 15) is 0 Å². The summed E-state index contributed by atoms with van der Waals surface area (Å²) in [7, 11) is -1.74. The Morgan fingerprint density at radius 2 is 1.07 bits per heavy atom. The second-order valence-electron chi connectivity index (χ2n) is 8.55. The maximum absolute atomic E-state index is 2.53. The van der Waals surface area contributed by atoms with E-state index in [2.05, 4.69) is 63.3 Å². The first kappa shape index (κ1) is 27.6. The van der Waals surface area contributed by atoms with Crippen LogP contribution in [0.1, 0.15) is 37.8 Å². The number of hydrogen-bond acceptors (Lipinski definition) is 0. The van der Waals surface area contributed by atoms with E-state index in [1.54, 1.807) is 10.4 Å². The first-order valence-corrected chi connectivity index (χ1v) is 15.8. The minimum atomic E-state index is -0.868. The fraction of sp³-hybridized carbons (Fsp3) is 0.545. The third-order valence-corrected chi connectivity index (χ3v) is 16.0. The van der Waals surface area contributed by atoms with Gasteiger partial charge in [-0.25, -0.2) is 22.5 Å². The maximum Gasteiger partial charge on any atom is 4.00 e. The molecule has 0 aliphatic carbocycles. The molecule has 2 saturated heterocycles. The number of hydrogen-bond donors (Lipinski definition) is 0. The van der Waals surface area contributed by atoms with Crippen LogP contribution in [0.15, 0.2) is 36.4 Å². The van der Waals surface area contributed by atoms with Crippen molar-refractivity contribution in [2.45, 2.75) is 76.8 Å². The molecule has 2 aromatic rings. The van der Waals surface area contributed by atoms with E-state index in [1.807, 2.05) is 0 Å². The third-order valence-electron chi connectivity index (χ3n) is 6.76. The summed E-state index contributed by atoms with van der Waals surface area (Å²) >= 11 is 0. The van der Waals surface area contributed by atoms with E-state index < -0.39 is 16.1 Å². The molecule has 0 bridgehead atoms. The van der Waals surface area contributed by atoms with Gasteiger partial charge in [0, 0.05) is 16.1 Å². The van der Waals surface area contributed by atoms with Gasteiger partial charge in [0.2, 0.25) is 0 Å². The van der Waals surface area contributed by atoms with Crippen molar-refractivity contribution >= 4 is 26.5 Å². The standard InChI is InChI=1S/2C11H17Si.2ClH.Zr/c2*1-3-10-5-6-11(9-10)12(2)7-4-8-12;;;/h2*5-6,9H,3-4,7-8H2,1-2H3;2*1H;/q2*-1;;;+4/p-2. The molecular weight excluding hydrogens is 483 g/mol. The predicted molar refractivity (Wildman–Crippen MR) is 114 cm³/mol. The van der Waals surface area contributed by atoms with Gasteiger partial charge in [-0.3, -0.25) is 0 Å². The van der Waals surface area contributed by atoms with E-state index >= 15 is 0 Å². The van der Waals surface area contributed by atoms with Crippen LogP contribution in [0.3, 0.4) is 0 Å². The Morgan fingerprint density at radius 1 is 0.741 bits per heavy atom. The predicted octanol–water partition coefficient (Wildman–Crippen LogP) is -0.680. The molecule has 148 valence electrons. The largest absolute Gasteiger partial charge is 4.00 e. The first-order valence-electron chi connectivity index (χ1n) is 10.0. The second-order valence-corrected chi connectivity index (χ2v) is 17.9. The van der Waals surface area contributed by atoms with Crippen LogP contribution in [-0.2, 0) is 39.0 Å². The van der Waals surface area contributed by atoms with Crippen molar-refractivity contribution in [1.29, 1.82) is 0 Å². The fourth-order valence-corrected chi connectivity index (χ4v) is 10.2. The van der Waals surface area contributed by atoms with Gasteiger partial charge in [-0.1, -0.05) is 76.8 Å². The summed E-state index contributed by atoms with van der Waals surface area (Å²) in [5, 5.41) is 3.43. The minimum absolute atomic E-state index is 0. The molecule has 2 aromatic carbocycles.